The lowest BCUT2D eigenvalue weighted by Gasteiger charge is -2.10. The first-order chi connectivity index (χ1) is 9.10. The molecule has 1 N–H and O–H groups in total. The first kappa shape index (κ1) is 13.4. The van der Waals surface area contributed by atoms with Crippen molar-refractivity contribution in [2.75, 3.05) is 11.9 Å². The second-order valence-electron chi connectivity index (χ2n) is 4.77. The van der Waals surface area contributed by atoms with Crippen LogP contribution in [0.3, 0.4) is 0 Å². The first-order valence-electron chi connectivity index (χ1n) is 6.52. The van der Waals surface area contributed by atoms with E-state index < -0.39 is 0 Å². The highest BCUT2D eigenvalue weighted by Gasteiger charge is 2.11. The normalized spacial score (nSPS) is 10.8. The van der Waals surface area contributed by atoms with Crippen LogP contribution in [0.4, 0.5) is 5.82 Å². The summed E-state index contributed by atoms with van der Waals surface area (Å²) in [7, 11) is 0. The summed E-state index contributed by atoms with van der Waals surface area (Å²) >= 11 is 0. The summed E-state index contributed by atoms with van der Waals surface area (Å²) in [6.07, 6.45) is 3.56. The largest absolute Gasteiger partial charge is 0.370 e. The Morgan fingerprint density at radius 3 is 2.37 bits per heavy atom. The second kappa shape index (κ2) is 5.73. The van der Waals surface area contributed by atoms with E-state index in [1.165, 1.54) is 0 Å². The van der Waals surface area contributed by atoms with Crippen LogP contribution in [0.2, 0.25) is 0 Å². The lowest BCUT2D eigenvalue weighted by atomic mass is 10.1. The van der Waals surface area contributed by atoms with Crippen LogP contribution in [0.5, 0.6) is 0 Å². The van der Waals surface area contributed by atoms with E-state index in [0.717, 1.165) is 23.6 Å². The third-order valence-electron chi connectivity index (χ3n) is 2.68. The SMILES string of the molecule is CCNc1cc(C(C)C)nc(-c2ncc(C)cn2)n1. The highest BCUT2D eigenvalue weighted by Crippen LogP contribution is 2.19. The van der Waals surface area contributed by atoms with Gasteiger partial charge in [-0.05, 0) is 25.3 Å². The molecule has 0 aromatic carbocycles. The molecule has 5 nitrogen and oxygen atoms in total. The zero-order chi connectivity index (χ0) is 13.8. The second-order valence-corrected chi connectivity index (χ2v) is 4.77. The molecule has 0 saturated carbocycles. The number of nitrogens with one attached hydrogen (secondary N) is 1. The molecule has 2 heterocycles. The molecule has 100 valence electrons. The van der Waals surface area contributed by atoms with E-state index in [9.17, 15) is 0 Å². The van der Waals surface area contributed by atoms with E-state index in [-0.39, 0.29) is 0 Å². The van der Waals surface area contributed by atoms with Crippen LogP contribution in [-0.4, -0.2) is 26.5 Å². The van der Waals surface area contributed by atoms with Gasteiger partial charge in [-0.25, -0.2) is 19.9 Å². The Bertz CT molecular complexity index is 548. The molecule has 0 atom stereocenters. The minimum Gasteiger partial charge on any atom is -0.370 e. The van der Waals surface area contributed by atoms with Gasteiger partial charge in [0.05, 0.1) is 0 Å². The standard InChI is InChI=1S/C14H19N5/c1-5-15-12-6-11(9(2)3)18-14(19-12)13-16-7-10(4)8-17-13/h6-9H,5H2,1-4H3,(H,15,18,19). The molecule has 2 aromatic heterocycles. The highest BCUT2D eigenvalue weighted by molar-refractivity contribution is 5.49. The average Bonchev–Trinajstić information content (AvgIpc) is 2.39. The molecule has 5 heteroatoms. The van der Waals surface area contributed by atoms with Gasteiger partial charge < -0.3 is 5.32 Å². The zero-order valence-electron chi connectivity index (χ0n) is 11.8. The van der Waals surface area contributed by atoms with Gasteiger partial charge in [0.25, 0.3) is 0 Å². The van der Waals surface area contributed by atoms with Gasteiger partial charge >= 0.3 is 0 Å². The Hall–Kier alpha value is -2.04. The van der Waals surface area contributed by atoms with Crippen molar-refractivity contribution < 1.29 is 0 Å². The molecule has 0 spiro atoms. The summed E-state index contributed by atoms with van der Waals surface area (Å²) < 4.78 is 0. The Kier molecular flexibility index (Phi) is 4.04. The third-order valence-corrected chi connectivity index (χ3v) is 2.68. The molecule has 0 bridgehead atoms. The molecule has 0 fully saturated rings. The Labute approximate surface area is 113 Å². The molecule has 0 aliphatic carbocycles. The van der Waals surface area contributed by atoms with Crippen LogP contribution < -0.4 is 5.32 Å². The topological polar surface area (TPSA) is 63.6 Å². The van der Waals surface area contributed by atoms with E-state index in [1.54, 1.807) is 12.4 Å². The Morgan fingerprint density at radius 2 is 1.79 bits per heavy atom. The van der Waals surface area contributed by atoms with Gasteiger partial charge in [-0.1, -0.05) is 13.8 Å². The lowest BCUT2D eigenvalue weighted by molar-refractivity contribution is 0.814. The van der Waals surface area contributed by atoms with Crippen molar-refractivity contribution in [3.05, 3.63) is 29.7 Å². The molecule has 0 saturated heterocycles. The number of hydrogen-bond acceptors (Lipinski definition) is 5. The summed E-state index contributed by atoms with van der Waals surface area (Å²) in [4.78, 5) is 17.6. The van der Waals surface area contributed by atoms with Crippen LogP contribution in [-0.2, 0) is 0 Å². The molecule has 19 heavy (non-hydrogen) atoms. The van der Waals surface area contributed by atoms with E-state index in [2.05, 4.69) is 39.1 Å². The van der Waals surface area contributed by atoms with Crippen molar-refractivity contribution >= 4 is 5.82 Å². The summed E-state index contributed by atoms with van der Waals surface area (Å²) in [5.41, 5.74) is 2.01. The molecule has 0 aliphatic rings. The fourth-order valence-electron chi connectivity index (χ4n) is 1.64. The number of aryl methyl sites for hydroxylation is 1. The quantitative estimate of drug-likeness (QED) is 0.912. The fourth-order valence-corrected chi connectivity index (χ4v) is 1.64. The monoisotopic (exact) mass is 257 g/mol. The smallest absolute Gasteiger partial charge is 0.199 e. The van der Waals surface area contributed by atoms with Crippen molar-refractivity contribution in [2.45, 2.75) is 33.6 Å². The number of rotatable bonds is 4. The molecule has 0 aliphatic heterocycles. The summed E-state index contributed by atoms with van der Waals surface area (Å²) in [5, 5.41) is 3.22. The number of nitrogens with zero attached hydrogens (tertiary/aromatic N) is 4. The van der Waals surface area contributed by atoms with E-state index in [0.29, 0.717) is 17.6 Å². The summed E-state index contributed by atoms with van der Waals surface area (Å²) in [5.74, 6) is 2.29. The van der Waals surface area contributed by atoms with E-state index in [4.69, 9.17) is 0 Å². The van der Waals surface area contributed by atoms with Crippen LogP contribution in [0.15, 0.2) is 18.5 Å². The van der Waals surface area contributed by atoms with Crippen LogP contribution in [0, 0.1) is 6.92 Å². The van der Waals surface area contributed by atoms with Gasteiger partial charge in [0.2, 0.25) is 0 Å². The van der Waals surface area contributed by atoms with Gasteiger partial charge in [0, 0.05) is 30.7 Å². The third kappa shape index (κ3) is 3.24. The number of anilines is 1. The van der Waals surface area contributed by atoms with Gasteiger partial charge in [-0.15, -0.1) is 0 Å². The fraction of sp³-hybridized carbons (Fsp3) is 0.429. The maximum absolute atomic E-state index is 4.54. The molecule has 2 rings (SSSR count). The summed E-state index contributed by atoms with van der Waals surface area (Å²) in [6, 6.07) is 1.98. The van der Waals surface area contributed by atoms with Gasteiger partial charge in [-0.3, -0.25) is 0 Å². The van der Waals surface area contributed by atoms with Gasteiger partial charge in [0.15, 0.2) is 11.6 Å². The van der Waals surface area contributed by atoms with E-state index >= 15 is 0 Å². The van der Waals surface area contributed by atoms with Gasteiger partial charge in [-0.2, -0.15) is 0 Å². The zero-order valence-corrected chi connectivity index (χ0v) is 11.8. The average molecular weight is 257 g/mol. The summed E-state index contributed by atoms with van der Waals surface area (Å²) in [6.45, 7) is 9.04. The van der Waals surface area contributed by atoms with Crippen LogP contribution in [0.1, 0.15) is 37.9 Å². The van der Waals surface area contributed by atoms with Crippen molar-refractivity contribution in [3.63, 3.8) is 0 Å². The van der Waals surface area contributed by atoms with Crippen LogP contribution in [0.25, 0.3) is 11.6 Å². The molecule has 0 amide bonds. The first-order valence-corrected chi connectivity index (χ1v) is 6.52. The predicted octanol–water partition coefficient (Wildman–Crippen LogP) is 2.80. The predicted molar refractivity (Wildman–Crippen MR) is 76.0 cm³/mol. The van der Waals surface area contributed by atoms with Crippen molar-refractivity contribution in [1.82, 2.24) is 19.9 Å². The Balaban J connectivity index is 2.46. The minimum atomic E-state index is 0.338. The Morgan fingerprint density at radius 1 is 1.11 bits per heavy atom. The number of aromatic nitrogens is 4. The molecule has 0 unspecified atom stereocenters. The molecular weight excluding hydrogens is 238 g/mol. The minimum absolute atomic E-state index is 0.338. The molecular formula is C14H19N5. The highest BCUT2D eigenvalue weighted by atomic mass is 15.1. The van der Waals surface area contributed by atoms with Crippen molar-refractivity contribution in [2.24, 2.45) is 0 Å². The van der Waals surface area contributed by atoms with Crippen LogP contribution >= 0.6 is 0 Å². The molecule has 0 radical (unpaired) electrons. The van der Waals surface area contributed by atoms with E-state index in [1.807, 2.05) is 19.9 Å². The van der Waals surface area contributed by atoms with Crippen molar-refractivity contribution in [3.8, 4) is 11.6 Å². The van der Waals surface area contributed by atoms with Gasteiger partial charge in [0.1, 0.15) is 5.82 Å². The van der Waals surface area contributed by atoms with Crippen molar-refractivity contribution in [1.29, 1.82) is 0 Å². The molecule has 2 aromatic rings. The maximum Gasteiger partial charge on any atom is 0.199 e. The maximum atomic E-state index is 4.54. The number of hydrogen-bond donors (Lipinski definition) is 1. The lowest BCUT2D eigenvalue weighted by Crippen LogP contribution is -2.06.